The second-order valence-electron chi connectivity index (χ2n) is 4.97. The number of hydrogen-bond acceptors (Lipinski definition) is 3. The molecule has 0 atom stereocenters. The Morgan fingerprint density at radius 1 is 0.957 bits per heavy atom. The minimum Gasteiger partial charge on any atom is -0.416 e. The number of benzene rings is 2. The standard InChI is InChI=1S/C16H10F4N2O/c1-9-5-6-13(17)12(7-9)15-22-21-14(23-15)10-3-2-4-11(8-10)16(18,19)20/h2-8H,1H3. The maximum Gasteiger partial charge on any atom is 0.416 e. The van der Waals surface area contributed by atoms with E-state index in [1.165, 1.54) is 24.3 Å². The summed E-state index contributed by atoms with van der Waals surface area (Å²) in [5.74, 6) is -0.736. The molecule has 118 valence electrons. The summed E-state index contributed by atoms with van der Waals surface area (Å²) in [5, 5.41) is 7.42. The van der Waals surface area contributed by atoms with Crippen molar-refractivity contribution in [3.8, 4) is 22.9 Å². The molecular weight excluding hydrogens is 312 g/mol. The second kappa shape index (κ2) is 5.49. The fraction of sp³-hybridized carbons (Fsp3) is 0.125. The van der Waals surface area contributed by atoms with Crippen LogP contribution in [0.5, 0.6) is 0 Å². The van der Waals surface area contributed by atoms with Gasteiger partial charge in [0.25, 0.3) is 5.89 Å². The highest BCUT2D eigenvalue weighted by molar-refractivity contribution is 5.59. The monoisotopic (exact) mass is 322 g/mol. The molecule has 3 rings (SSSR count). The first-order valence-corrected chi connectivity index (χ1v) is 6.62. The van der Waals surface area contributed by atoms with Gasteiger partial charge in [-0.15, -0.1) is 10.2 Å². The van der Waals surface area contributed by atoms with Gasteiger partial charge >= 0.3 is 6.18 Å². The van der Waals surface area contributed by atoms with Crippen LogP contribution in [0.4, 0.5) is 17.6 Å². The van der Waals surface area contributed by atoms with Crippen molar-refractivity contribution in [1.29, 1.82) is 0 Å². The molecule has 0 aliphatic heterocycles. The SMILES string of the molecule is Cc1ccc(F)c(-c2nnc(-c3cccc(C(F)(F)F)c3)o2)c1. The zero-order valence-corrected chi connectivity index (χ0v) is 11.9. The summed E-state index contributed by atoms with van der Waals surface area (Å²) in [5.41, 5.74) is 0.194. The largest absolute Gasteiger partial charge is 0.416 e. The number of hydrogen-bond donors (Lipinski definition) is 0. The molecule has 3 aromatic rings. The normalized spacial score (nSPS) is 11.7. The highest BCUT2D eigenvalue weighted by Crippen LogP contribution is 2.32. The van der Waals surface area contributed by atoms with Gasteiger partial charge in [0.2, 0.25) is 5.89 Å². The number of aromatic nitrogens is 2. The number of nitrogens with zero attached hydrogens (tertiary/aromatic N) is 2. The van der Waals surface area contributed by atoms with Crippen LogP contribution in [0, 0.1) is 12.7 Å². The van der Waals surface area contributed by atoms with E-state index >= 15 is 0 Å². The van der Waals surface area contributed by atoms with Crippen molar-refractivity contribution in [2.75, 3.05) is 0 Å². The van der Waals surface area contributed by atoms with Crippen LogP contribution in [0.25, 0.3) is 22.9 Å². The molecule has 3 nitrogen and oxygen atoms in total. The van der Waals surface area contributed by atoms with Crippen molar-refractivity contribution >= 4 is 0 Å². The van der Waals surface area contributed by atoms with Gasteiger partial charge in [0.15, 0.2) is 0 Å². The lowest BCUT2D eigenvalue weighted by molar-refractivity contribution is -0.137. The van der Waals surface area contributed by atoms with Crippen LogP contribution in [0.15, 0.2) is 46.9 Å². The molecule has 1 heterocycles. The van der Waals surface area contributed by atoms with Crippen molar-refractivity contribution in [3.63, 3.8) is 0 Å². The minimum atomic E-state index is -4.47. The quantitative estimate of drug-likeness (QED) is 0.632. The van der Waals surface area contributed by atoms with Crippen molar-refractivity contribution in [1.82, 2.24) is 10.2 Å². The number of aryl methyl sites for hydroxylation is 1. The fourth-order valence-electron chi connectivity index (χ4n) is 2.08. The van der Waals surface area contributed by atoms with Crippen LogP contribution in [-0.4, -0.2) is 10.2 Å². The van der Waals surface area contributed by atoms with Gasteiger partial charge in [-0.2, -0.15) is 13.2 Å². The lowest BCUT2D eigenvalue weighted by Crippen LogP contribution is -2.04. The predicted octanol–water partition coefficient (Wildman–Crippen LogP) is 4.87. The van der Waals surface area contributed by atoms with Crippen molar-refractivity contribution in [2.45, 2.75) is 13.1 Å². The molecule has 0 N–H and O–H groups in total. The molecule has 0 saturated heterocycles. The molecule has 23 heavy (non-hydrogen) atoms. The van der Waals surface area contributed by atoms with Crippen molar-refractivity contribution in [2.24, 2.45) is 0 Å². The third kappa shape index (κ3) is 3.08. The van der Waals surface area contributed by atoms with Gasteiger partial charge in [0.05, 0.1) is 11.1 Å². The Balaban J connectivity index is 2.01. The molecule has 0 spiro atoms. The van der Waals surface area contributed by atoms with E-state index in [9.17, 15) is 17.6 Å². The number of halogens is 4. The number of alkyl halides is 3. The molecule has 0 fully saturated rings. The average molecular weight is 322 g/mol. The van der Waals surface area contributed by atoms with E-state index in [0.29, 0.717) is 0 Å². The van der Waals surface area contributed by atoms with Gasteiger partial charge in [-0.1, -0.05) is 17.7 Å². The van der Waals surface area contributed by atoms with Gasteiger partial charge in [-0.25, -0.2) is 4.39 Å². The molecular formula is C16H10F4N2O. The highest BCUT2D eigenvalue weighted by atomic mass is 19.4. The summed E-state index contributed by atoms with van der Waals surface area (Å²) in [6, 6.07) is 8.89. The molecule has 0 bridgehead atoms. The first-order valence-electron chi connectivity index (χ1n) is 6.62. The van der Waals surface area contributed by atoms with Gasteiger partial charge in [-0.3, -0.25) is 0 Å². The summed E-state index contributed by atoms with van der Waals surface area (Å²) in [4.78, 5) is 0. The predicted molar refractivity (Wildman–Crippen MR) is 74.9 cm³/mol. The molecule has 1 aromatic heterocycles. The van der Waals surface area contributed by atoms with Crippen LogP contribution in [0.3, 0.4) is 0 Å². The molecule has 0 aliphatic rings. The maximum absolute atomic E-state index is 13.8. The van der Waals surface area contributed by atoms with E-state index in [4.69, 9.17) is 4.42 Å². The average Bonchev–Trinajstić information content (AvgIpc) is 2.99. The molecule has 0 saturated carbocycles. The zero-order chi connectivity index (χ0) is 16.6. The smallest absolute Gasteiger partial charge is 0.416 e. The summed E-state index contributed by atoms with van der Waals surface area (Å²) < 4.78 is 57.3. The van der Waals surface area contributed by atoms with E-state index < -0.39 is 17.6 Å². The Kier molecular flexibility index (Phi) is 3.63. The van der Waals surface area contributed by atoms with Crippen LogP contribution in [-0.2, 0) is 6.18 Å². The first-order chi connectivity index (χ1) is 10.8. The lowest BCUT2D eigenvalue weighted by Gasteiger charge is -2.06. The lowest BCUT2D eigenvalue weighted by atomic mass is 10.1. The van der Waals surface area contributed by atoms with E-state index in [-0.39, 0.29) is 22.9 Å². The van der Waals surface area contributed by atoms with Crippen LogP contribution in [0.2, 0.25) is 0 Å². The molecule has 0 amide bonds. The molecule has 2 aromatic carbocycles. The minimum absolute atomic E-state index is 0.0846. The fourth-order valence-corrected chi connectivity index (χ4v) is 2.08. The molecule has 0 unspecified atom stereocenters. The number of rotatable bonds is 2. The van der Waals surface area contributed by atoms with Crippen molar-refractivity contribution < 1.29 is 22.0 Å². The van der Waals surface area contributed by atoms with E-state index in [1.54, 1.807) is 13.0 Å². The Hall–Kier alpha value is -2.70. The van der Waals surface area contributed by atoms with E-state index in [0.717, 1.165) is 17.7 Å². The molecule has 7 heteroatoms. The van der Waals surface area contributed by atoms with Gasteiger partial charge in [-0.05, 0) is 37.3 Å². The third-order valence-corrected chi connectivity index (χ3v) is 3.21. The van der Waals surface area contributed by atoms with E-state index in [2.05, 4.69) is 10.2 Å². The summed E-state index contributed by atoms with van der Waals surface area (Å²) in [7, 11) is 0. The van der Waals surface area contributed by atoms with Gasteiger partial charge in [0, 0.05) is 5.56 Å². The Morgan fingerprint density at radius 2 is 1.70 bits per heavy atom. The highest BCUT2D eigenvalue weighted by Gasteiger charge is 2.30. The maximum atomic E-state index is 13.8. The summed E-state index contributed by atoms with van der Waals surface area (Å²) in [6.45, 7) is 1.77. The third-order valence-electron chi connectivity index (χ3n) is 3.21. The summed E-state index contributed by atoms with van der Waals surface area (Å²) in [6.07, 6.45) is -4.47. The summed E-state index contributed by atoms with van der Waals surface area (Å²) >= 11 is 0. The van der Waals surface area contributed by atoms with Crippen LogP contribution < -0.4 is 0 Å². The topological polar surface area (TPSA) is 38.9 Å². The van der Waals surface area contributed by atoms with Crippen LogP contribution >= 0.6 is 0 Å². The molecule has 0 radical (unpaired) electrons. The second-order valence-corrected chi connectivity index (χ2v) is 4.97. The van der Waals surface area contributed by atoms with Gasteiger partial charge < -0.3 is 4.42 Å². The van der Waals surface area contributed by atoms with E-state index in [1.807, 2.05) is 0 Å². The Morgan fingerprint density at radius 3 is 2.43 bits per heavy atom. The van der Waals surface area contributed by atoms with Gasteiger partial charge in [0.1, 0.15) is 5.82 Å². The first kappa shape index (κ1) is 15.2. The Bertz CT molecular complexity index is 855. The van der Waals surface area contributed by atoms with Crippen LogP contribution in [0.1, 0.15) is 11.1 Å². The van der Waals surface area contributed by atoms with Crippen molar-refractivity contribution in [3.05, 3.63) is 59.4 Å². The molecule has 0 aliphatic carbocycles. The Labute approximate surface area is 128 Å². The zero-order valence-electron chi connectivity index (χ0n) is 11.9.